The molecular weight excluding hydrogens is 327 g/mol. The van der Waals surface area contributed by atoms with Gasteiger partial charge in [-0.3, -0.25) is 9.69 Å². The monoisotopic (exact) mass is 350 g/mol. The van der Waals surface area contributed by atoms with Crippen LogP contribution in [0.5, 0.6) is 11.5 Å². The minimum atomic E-state index is -0.341. The second kappa shape index (κ2) is 9.90. The van der Waals surface area contributed by atoms with Gasteiger partial charge in [0.1, 0.15) is 0 Å². The third-order valence-electron chi connectivity index (χ3n) is 3.62. The number of halogens is 2. The molecule has 7 heteroatoms. The van der Waals surface area contributed by atoms with Crippen LogP contribution in [0.25, 0.3) is 0 Å². The van der Waals surface area contributed by atoms with Crippen LogP contribution in [-0.4, -0.2) is 44.2 Å². The van der Waals surface area contributed by atoms with Crippen molar-refractivity contribution in [2.24, 2.45) is 0 Å². The van der Waals surface area contributed by atoms with Crippen LogP contribution < -0.4 is 14.8 Å². The highest BCUT2D eigenvalue weighted by atomic mass is 35.5. The minimum absolute atomic E-state index is 0. The Morgan fingerprint density at radius 2 is 1.86 bits per heavy atom. The molecule has 2 rings (SSSR count). The zero-order valence-electron chi connectivity index (χ0n) is 13.1. The van der Waals surface area contributed by atoms with E-state index < -0.39 is 0 Å². The van der Waals surface area contributed by atoms with Crippen LogP contribution in [0.4, 0.5) is 0 Å². The summed E-state index contributed by atoms with van der Waals surface area (Å²) in [7, 11) is 1.58. The first-order valence-electron chi connectivity index (χ1n) is 6.93. The van der Waals surface area contributed by atoms with Gasteiger partial charge >= 0.3 is 5.97 Å². The van der Waals surface area contributed by atoms with Crippen LogP contribution >= 0.6 is 24.8 Å². The maximum Gasteiger partial charge on any atom is 0.308 e. The predicted octanol–water partition coefficient (Wildman–Crippen LogP) is 2.43. The van der Waals surface area contributed by atoms with E-state index in [4.69, 9.17) is 9.47 Å². The zero-order valence-corrected chi connectivity index (χ0v) is 14.8. The Morgan fingerprint density at radius 1 is 1.23 bits per heavy atom. The fourth-order valence-electron chi connectivity index (χ4n) is 2.46. The standard InChI is InChI=1S/C15H22N2O3.2ClH/c1-11(17-8-6-16-7-9-17)13-4-5-14(20-12(2)18)15(10-13)19-3;;/h4-5,10-11,16H,6-9H2,1-3H3;2*1H/t11-;;/m0../s1. The Labute approximate surface area is 144 Å². The Bertz CT molecular complexity index is 480. The van der Waals surface area contributed by atoms with Crippen molar-refractivity contribution in [2.45, 2.75) is 19.9 Å². The lowest BCUT2D eigenvalue weighted by Crippen LogP contribution is -2.44. The summed E-state index contributed by atoms with van der Waals surface area (Å²) in [5, 5.41) is 3.35. The molecule has 1 heterocycles. The molecule has 1 fully saturated rings. The molecule has 1 aliphatic rings. The van der Waals surface area contributed by atoms with Crippen LogP contribution in [0.3, 0.4) is 0 Å². The van der Waals surface area contributed by atoms with Gasteiger partial charge in [0, 0.05) is 39.1 Å². The van der Waals surface area contributed by atoms with Crippen molar-refractivity contribution in [3.05, 3.63) is 23.8 Å². The zero-order chi connectivity index (χ0) is 14.5. The molecule has 0 aliphatic carbocycles. The fraction of sp³-hybridized carbons (Fsp3) is 0.533. The summed E-state index contributed by atoms with van der Waals surface area (Å²) in [6.07, 6.45) is 0. The van der Waals surface area contributed by atoms with Gasteiger partial charge in [-0.25, -0.2) is 0 Å². The average Bonchev–Trinajstić information content (AvgIpc) is 2.47. The largest absolute Gasteiger partial charge is 0.493 e. The minimum Gasteiger partial charge on any atom is -0.493 e. The molecule has 126 valence electrons. The number of rotatable bonds is 4. The molecule has 0 spiro atoms. The number of carbonyl (C=O) groups excluding carboxylic acids is 1. The summed E-state index contributed by atoms with van der Waals surface area (Å²) < 4.78 is 10.4. The molecule has 0 bridgehead atoms. The first-order valence-corrected chi connectivity index (χ1v) is 6.93. The van der Waals surface area contributed by atoms with Gasteiger partial charge in [-0.1, -0.05) is 6.07 Å². The van der Waals surface area contributed by atoms with Gasteiger partial charge in [-0.2, -0.15) is 0 Å². The van der Waals surface area contributed by atoms with E-state index >= 15 is 0 Å². The average molecular weight is 351 g/mol. The molecule has 0 unspecified atom stereocenters. The number of carbonyl (C=O) groups is 1. The van der Waals surface area contributed by atoms with Gasteiger partial charge in [0.2, 0.25) is 0 Å². The molecule has 0 radical (unpaired) electrons. The summed E-state index contributed by atoms with van der Waals surface area (Å²) in [6.45, 7) is 7.69. The maximum atomic E-state index is 11.1. The highest BCUT2D eigenvalue weighted by Crippen LogP contribution is 2.32. The smallest absolute Gasteiger partial charge is 0.308 e. The molecular formula is C15H24Cl2N2O3. The topological polar surface area (TPSA) is 50.8 Å². The lowest BCUT2D eigenvalue weighted by Gasteiger charge is -2.33. The van der Waals surface area contributed by atoms with Crippen molar-refractivity contribution >= 4 is 30.8 Å². The van der Waals surface area contributed by atoms with E-state index in [1.54, 1.807) is 13.2 Å². The molecule has 22 heavy (non-hydrogen) atoms. The van der Waals surface area contributed by atoms with Crippen molar-refractivity contribution in [1.82, 2.24) is 10.2 Å². The van der Waals surface area contributed by atoms with Crippen LogP contribution in [-0.2, 0) is 4.79 Å². The second-order valence-corrected chi connectivity index (χ2v) is 4.97. The molecule has 1 aliphatic heterocycles. The Hall–Kier alpha value is -1.01. The quantitative estimate of drug-likeness (QED) is 0.667. The Morgan fingerprint density at radius 3 is 2.41 bits per heavy atom. The molecule has 0 aromatic heterocycles. The van der Waals surface area contributed by atoms with Crippen molar-refractivity contribution in [3.8, 4) is 11.5 Å². The van der Waals surface area contributed by atoms with Gasteiger partial charge in [0.05, 0.1) is 7.11 Å². The van der Waals surface area contributed by atoms with Gasteiger partial charge in [-0.15, -0.1) is 24.8 Å². The molecule has 1 N–H and O–H groups in total. The van der Waals surface area contributed by atoms with Crippen molar-refractivity contribution in [3.63, 3.8) is 0 Å². The summed E-state index contributed by atoms with van der Waals surface area (Å²) >= 11 is 0. The Kier molecular flexibility index (Phi) is 9.44. The van der Waals surface area contributed by atoms with Crippen LogP contribution in [0, 0.1) is 0 Å². The summed E-state index contributed by atoms with van der Waals surface area (Å²) in [6, 6.07) is 6.06. The van der Waals surface area contributed by atoms with Gasteiger partial charge in [-0.05, 0) is 24.6 Å². The number of ether oxygens (including phenoxy) is 2. The first-order chi connectivity index (χ1) is 9.61. The van der Waals surface area contributed by atoms with Crippen LogP contribution in [0.2, 0.25) is 0 Å². The lowest BCUT2D eigenvalue weighted by molar-refractivity contribution is -0.132. The number of methoxy groups -OCH3 is 1. The van der Waals surface area contributed by atoms with E-state index in [1.807, 2.05) is 12.1 Å². The van der Waals surface area contributed by atoms with E-state index in [1.165, 1.54) is 12.5 Å². The van der Waals surface area contributed by atoms with E-state index in [-0.39, 0.29) is 30.8 Å². The van der Waals surface area contributed by atoms with E-state index in [2.05, 4.69) is 17.1 Å². The highest BCUT2D eigenvalue weighted by molar-refractivity contribution is 5.85. The normalized spacial score (nSPS) is 16.0. The van der Waals surface area contributed by atoms with Gasteiger partial charge < -0.3 is 14.8 Å². The summed E-state index contributed by atoms with van der Waals surface area (Å²) in [5.74, 6) is 0.724. The third-order valence-corrected chi connectivity index (χ3v) is 3.62. The molecule has 1 aromatic carbocycles. The highest BCUT2D eigenvalue weighted by Gasteiger charge is 2.19. The van der Waals surface area contributed by atoms with E-state index in [0.29, 0.717) is 17.5 Å². The fourth-order valence-corrected chi connectivity index (χ4v) is 2.46. The predicted molar refractivity (Wildman–Crippen MR) is 91.7 cm³/mol. The number of esters is 1. The molecule has 0 amide bonds. The van der Waals surface area contributed by atoms with Gasteiger partial charge in [0.15, 0.2) is 11.5 Å². The van der Waals surface area contributed by atoms with Crippen molar-refractivity contribution in [1.29, 1.82) is 0 Å². The summed E-state index contributed by atoms with van der Waals surface area (Å²) in [5.41, 5.74) is 1.17. The van der Waals surface area contributed by atoms with Crippen LogP contribution in [0.1, 0.15) is 25.5 Å². The molecule has 1 atom stereocenters. The summed E-state index contributed by atoms with van der Waals surface area (Å²) in [4.78, 5) is 13.5. The molecule has 1 saturated heterocycles. The molecule has 1 aromatic rings. The number of nitrogens with zero attached hydrogens (tertiary/aromatic N) is 1. The SMILES string of the molecule is COc1cc([C@H](C)N2CCNCC2)ccc1OC(C)=O.Cl.Cl. The van der Waals surface area contributed by atoms with Crippen molar-refractivity contribution < 1.29 is 14.3 Å². The number of hydrogen-bond acceptors (Lipinski definition) is 5. The number of hydrogen-bond donors (Lipinski definition) is 1. The number of piperazine rings is 1. The lowest BCUT2D eigenvalue weighted by atomic mass is 10.1. The second-order valence-electron chi connectivity index (χ2n) is 4.97. The maximum absolute atomic E-state index is 11.1. The number of benzene rings is 1. The van der Waals surface area contributed by atoms with Crippen LogP contribution in [0.15, 0.2) is 18.2 Å². The van der Waals surface area contributed by atoms with Gasteiger partial charge in [0.25, 0.3) is 0 Å². The van der Waals surface area contributed by atoms with E-state index in [0.717, 1.165) is 26.2 Å². The van der Waals surface area contributed by atoms with Crippen molar-refractivity contribution in [2.75, 3.05) is 33.3 Å². The Balaban J connectivity index is 0.00000220. The number of nitrogens with one attached hydrogen (secondary N) is 1. The third kappa shape index (κ3) is 5.32. The first kappa shape index (κ1) is 21.0. The molecule has 0 saturated carbocycles. The van der Waals surface area contributed by atoms with E-state index in [9.17, 15) is 4.79 Å². The molecule has 5 nitrogen and oxygen atoms in total.